The van der Waals surface area contributed by atoms with Crippen molar-refractivity contribution >= 4 is 15.9 Å². The van der Waals surface area contributed by atoms with Gasteiger partial charge < -0.3 is 15.2 Å². The lowest BCUT2D eigenvalue weighted by Gasteiger charge is -2.27. The van der Waals surface area contributed by atoms with E-state index in [0.29, 0.717) is 6.54 Å². The molecule has 2 N–H and O–H groups in total. The van der Waals surface area contributed by atoms with Crippen molar-refractivity contribution in [3.63, 3.8) is 0 Å². The van der Waals surface area contributed by atoms with Crippen LogP contribution in [-0.2, 0) is 9.47 Å². The molecule has 1 unspecified atom stereocenters. The lowest BCUT2D eigenvalue weighted by atomic mass is 10.1. The molecule has 1 aromatic rings. The van der Waals surface area contributed by atoms with E-state index in [0.717, 1.165) is 36.1 Å². The van der Waals surface area contributed by atoms with Gasteiger partial charge in [-0.15, -0.1) is 0 Å². The van der Waals surface area contributed by atoms with E-state index in [-0.39, 0.29) is 12.2 Å². The number of ether oxygens (including phenoxy) is 2. The molecule has 1 aromatic carbocycles. The molecule has 1 heterocycles. The molecule has 2 rings (SSSR count). The van der Waals surface area contributed by atoms with Gasteiger partial charge in [0.2, 0.25) is 0 Å². The molecule has 1 fully saturated rings. The Labute approximate surface area is 110 Å². The zero-order chi connectivity index (χ0) is 12.1. The van der Waals surface area contributed by atoms with Crippen LogP contribution < -0.4 is 5.73 Å². The Morgan fingerprint density at radius 2 is 1.94 bits per heavy atom. The lowest BCUT2D eigenvalue weighted by Crippen LogP contribution is -2.28. The molecule has 1 atom stereocenters. The number of nitrogens with two attached hydrogens (primary N) is 1. The van der Waals surface area contributed by atoms with Gasteiger partial charge in [0.25, 0.3) is 0 Å². The maximum Gasteiger partial charge on any atom is 0.0950 e. The van der Waals surface area contributed by atoms with E-state index < -0.39 is 0 Å². The zero-order valence-corrected chi connectivity index (χ0v) is 11.4. The van der Waals surface area contributed by atoms with Crippen molar-refractivity contribution in [2.75, 3.05) is 19.8 Å². The third-order valence-electron chi connectivity index (χ3n) is 2.98. The second-order valence-electron chi connectivity index (χ2n) is 4.22. The first-order valence-corrected chi connectivity index (χ1v) is 6.77. The average molecular weight is 300 g/mol. The van der Waals surface area contributed by atoms with Crippen molar-refractivity contribution in [3.05, 3.63) is 34.3 Å². The van der Waals surface area contributed by atoms with E-state index in [2.05, 4.69) is 28.1 Å². The smallest absolute Gasteiger partial charge is 0.0950 e. The highest BCUT2D eigenvalue weighted by molar-refractivity contribution is 9.10. The van der Waals surface area contributed by atoms with E-state index in [1.54, 1.807) is 0 Å². The first-order valence-electron chi connectivity index (χ1n) is 5.98. The van der Waals surface area contributed by atoms with Gasteiger partial charge in [-0.25, -0.2) is 0 Å². The predicted molar refractivity (Wildman–Crippen MR) is 70.9 cm³/mol. The Morgan fingerprint density at radius 1 is 1.29 bits per heavy atom. The topological polar surface area (TPSA) is 44.5 Å². The molecule has 4 heteroatoms. The molecule has 1 aliphatic rings. The summed E-state index contributed by atoms with van der Waals surface area (Å²) in [5, 5.41) is 0. The third kappa shape index (κ3) is 3.78. The summed E-state index contributed by atoms with van der Waals surface area (Å²) in [6, 6.07) is 8.15. The Hall–Kier alpha value is -0.420. The highest BCUT2D eigenvalue weighted by atomic mass is 79.9. The van der Waals surface area contributed by atoms with Crippen LogP contribution in [0.5, 0.6) is 0 Å². The number of hydrogen-bond acceptors (Lipinski definition) is 3. The monoisotopic (exact) mass is 299 g/mol. The molecular formula is C13H18BrNO2. The van der Waals surface area contributed by atoms with Crippen molar-refractivity contribution in [1.82, 2.24) is 0 Å². The van der Waals surface area contributed by atoms with Gasteiger partial charge in [0.15, 0.2) is 0 Å². The number of halogens is 1. The summed E-state index contributed by atoms with van der Waals surface area (Å²) in [6.45, 7) is 2.10. The first kappa shape index (κ1) is 13.0. The van der Waals surface area contributed by atoms with Gasteiger partial charge in [-0.3, -0.25) is 0 Å². The SMILES string of the molecule is NCC(OC1CCOCC1)c1ccc(Br)cc1. The van der Waals surface area contributed by atoms with Gasteiger partial charge in [-0.2, -0.15) is 0 Å². The minimum absolute atomic E-state index is 0.00815. The number of benzene rings is 1. The van der Waals surface area contributed by atoms with Gasteiger partial charge in [-0.05, 0) is 30.5 Å². The van der Waals surface area contributed by atoms with Crippen LogP contribution >= 0.6 is 15.9 Å². The van der Waals surface area contributed by atoms with Crippen molar-refractivity contribution in [1.29, 1.82) is 0 Å². The molecule has 17 heavy (non-hydrogen) atoms. The van der Waals surface area contributed by atoms with Crippen LogP contribution in [0.3, 0.4) is 0 Å². The highest BCUT2D eigenvalue weighted by Gasteiger charge is 2.19. The van der Waals surface area contributed by atoms with Crippen LogP contribution in [0.4, 0.5) is 0 Å². The van der Waals surface area contributed by atoms with E-state index in [1.807, 2.05) is 12.1 Å². The molecular weight excluding hydrogens is 282 g/mol. The van der Waals surface area contributed by atoms with Crippen molar-refractivity contribution in [2.45, 2.75) is 25.0 Å². The van der Waals surface area contributed by atoms with Crippen molar-refractivity contribution in [2.24, 2.45) is 5.73 Å². The van der Waals surface area contributed by atoms with E-state index >= 15 is 0 Å². The molecule has 1 saturated heterocycles. The maximum absolute atomic E-state index is 6.05. The average Bonchev–Trinajstić information content (AvgIpc) is 2.38. The van der Waals surface area contributed by atoms with Gasteiger partial charge in [0, 0.05) is 24.2 Å². The lowest BCUT2D eigenvalue weighted by molar-refractivity contribution is -0.0665. The van der Waals surface area contributed by atoms with Crippen molar-refractivity contribution in [3.8, 4) is 0 Å². The summed E-state index contributed by atoms with van der Waals surface area (Å²) < 4.78 is 12.4. The molecule has 0 saturated carbocycles. The summed E-state index contributed by atoms with van der Waals surface area (Å²) in [7, 11) is 0. The molecule has 1 aliphatic heterocycles. The van der Waals surface area contributed by atoms with Gasteiger partial charge in [0.05, 0.1) is 12.2 Å². The molecule has 0 radical (unpaired) electrons. The van der Waals surface area contributed by atoms with Crippen molar-refractivity contribution < 1.29 is 9.47 Å². The maximum atomic E-state index is 6.05. The Balaban J connectivity index is 1.97. The van der Waals surface area contributed by atoms with Crippen LogP contribution in [-0.4, -0.2) is 25.9 Å². The van der Waals surface area contributed by atoms with Crippen LogP contribution in [0.25, 0.3) is 0 Å². The summed E-state index contributed by atoms with van der Waals surface area (Å²) in [6.07, 6.45) is 2.20. The molecule has 0 aromatic heterocycles. The van der Waals surface area contributed by atoms with E-state index in [9.17, 15) is 0 Å². The third-order valence-corrected chi connectivity index (χ3v) is 3.51. The molecule has 0 aliphatic carbocycles. The van der Waals surface area contributed by atoms with Crippen LogP contribution in [0.15, 0.2) is 28.7 Å². The second-order valence-corrected chi connectivity index (χ2v) is 5.14. The fraction of sp³-hybridized carbons (Fsp3) is 0.538. The number of rotatable bonds is 4. The minimum Gasteiger partial charge on any atom is -0.381 e. The fourth-order valence-electron chi connectivity index (χ4n) is 1.99. The largest absolute Gasteiger partial charge is 0.381 e. The molecule has 0 amide bonds. The van der Waals surface area contributed by atoms with Crippen LogP contribution in [0, 0.1) is 0 Å². The zero-order valence-electron chi connectivity index (χ0n) is 9.77. The van der Waals surface area contributed by atoms with Gasteiger partial charge >= 0.3 is 0 Å². The minimum atomic E-state index is -0.00815. The summed E-state index contributed by atoms with van der Waals surface area (Å²) >= 11 is 3.43. The molecule has 0 bridgehead atoms. The first-order chi connectivity index (χ1) is 8.29. The molecule has 0 spiro atoms. The summed E-state index contributed by atoms with van der Waals surface area (Å²) in [5.41, 5.74) is 6.93. The van der Waals surface area contributed by atoms with Gasteiger partial charge in [-0.1, -0.05) is 28.1 Å². The standard InChI is InChI=1S/C13H18BrNO2/c14-11-3-1-10(2-4-11)13(9-15)17-12-5-7-16-8-6-12/h1-4,12-13H,5-9,15H2. The normalized spacial score (nSPS) is 19.2. The predicted octanol–water partition coefficient (Wildman–Crippen LogP) is 2.64. The number of hydrogen-bond donors (Lipinski definition) is 1. The van der Waals surface area contributed by atoms with E-state index in [1.165, 1.54) is 0 Å². The fourth-order valence-corrected chi connectivity index (χ4v) is 2.26. The second kappa shape index (κ2) is 6.50. The van der Waals surface area contributed by atoms with Crippen LogP contribution in [0.1, 0.15) is 24.5 Å². The Morgan fingerprint density at radius 3 is 2.53 bits per heavy atom. The van der Waals surface area contributed by atoms with E-state index in [4.69, 9.17) is 15.2 Å². The molecule has 94 valence electrons. The van der Waals surface area contributed by atoms with Gasteiger partial charge in [0.1, 0.15) is 0 Å². The highest BCUT2D eigenvalue weighted by Crippen LogP contribution is 2.23. The Bertz CT molecular complexity index is 336. The van der Waals surface area contributed by atoms with Crippen LogP contribution in [0.2, 0.25) is 0 Å². The Kier molecular flexibility index (Phi) is 4.98. The quantitative estimate of drug-likeness (QED) is 0.929. The summed E-state index contributed by atoms with van der Waals surface area (Å²) in [4.78, 5) is 0. The summed E-state index contributed by atoms with van der Waals surface area (Å²) in [5.74, 6) is 0. The molecule has 3 nitrogen and oxygen atoms in total.